The van der Waals surface area contributed by atoms with Gasteiger partial charge in [-0.05, 0) is 76.3 Å². The largest absolute Gasteiger partial charge is 0.303 e. The second-order valence-electron chi connectivity index (χ2n) is 7.25. The molecule has 1 aromatic carbocycles. The predicted octanol–water partition coefficient (Wildman–Crippen LogP) is 4.16. The lowest BCUT2D eigenvalue weighted by Crippen LogP contribution is -2.35. The number of benzene rings is 1. The van der Waals surface area contributed by atoms with E-state index in [1.807, 2.05) is 0 Å². The van der Waals surface area contributed by atoms with Crippen LogP contribution in [-0.2, 0) is 6.54 Å². The number of piperidine rings is 1. The van der Waals surface area contributed by atoms with Gasteiger partial charge in [-0.1, -0.05) is 43.2 Å². The number of nitrogens with zero attached hydrogens (tertiary/aromatic N) is 2. The van der Waals surface area contributed by atoms with Crippen molar-refractivity contribution in [1.29, 1.82) is 0 Å². The van der Waals surface area contributed by atoms with Crippen LogP contribution in [0.4, 0.5) is 0 Å². The van der Waals surface area contributed by atoms with Crippen molar-refractivity contribution in [2.75, 3.05) is 32.7 Å². The van der Waals surface area contributed by atoms with Crippen LogP contribution < -0.4 is 0 Å². The van der Waals surface area contributed by atoms with Crippen LogP contribution in [0.2, 0.25) is 0 Å². The monoisotopic (exact) mass is 300 g/mol. The second kappa shape index (κ2) is 8.69. The first-order valence-electron chi connectivity index (χ1n) is 9.39. The zero-order chi connectivity index (χ0) is 15.0. The van der Waals surface area contributed by atoms with Crippen LogP contribution in [0.25, 0.3) is 0 Å². The first kappa shape index (κ1) is 16.0. The molecule has 0 N–H and O–H groups in total. The average molecular weight is 300 g/mol. The minimum Gasteiger partial charge on any atom is -0.303 e. The third-order valence-electron chi connectivity index (χ3n) is 5.51. The summed E-state index contributed by atoms with van der Waals surface area (Å²) in [6.45, 7) is 7.78. The van der Waals surface area contributed by atoms with E-state index in [1.54, 1.807) is 0 Å². The lowest BCUT2D eigenvalue weighted by Gasteiger charge is -2.33. The van der Waals surface area contributed by atoms with Crippen LogP contribution in [0.3, 0.4) is 0 Å². The molecule has 2 nitrogen and oxygen atoms in total. The lowest BCUT2D eigenvalue weighted by molar-refractivity contribution is 0.159. The summed E-state index contributed by atoms with van der Waals surface area (Å²) in [6.07, 6.45) is 9.99. The van der Waals surface area contributed by atoms with Gasteiger partial charge in [-0.25, -0.2) is 0 Å². The second-order valence-corrected chi connectivity index (χ2v) is 7.25. The Morgan fingerprint density at radius 2 is 1.45 bits per heavy atom. The third-order valence-corrected chi connectivity index (χ3v) is 5.51. The van der Waals surface area contributed by atoms with E-state index in [1.165, 1.54) is 83.2 Å². The van der Waals surface area contributed by atoms with Gasteiger partial charge < -0.3 is 4.90 Å². The van der Waals surface area contributed by atoms with Gasteiger partial charge in [-0.15, -0.1) is 0 Å². The first-order valence-corrected chi connectivity index (χ1v) is 9.39. The SMILES string of the molecule is c1ccc(CN2CCC(CCN3CCCCCC3)CC2)cc1. The van der Waals surface area contributed by atoms with Gasteiger partial charge in [-0.2, -0.15) is 0 Å². The zero-order valence-electron chi connectivity index (χ0n) is 14.1. The van der Waals surface area contributed by atoms with Gasteiger partial charge >= 0.3 is 0 Å². The van der Waals surface area contributed by atoms with Crippen molar-refractivity contribution < 1.29 is 0 Å². The molecule has 0 bridgehead atoms. The van der Waals surface area contributed by atoms with Crippen LogP contribution in [-0.4, -0.2) is 42.5 Å². The molecule has 0 amide bonds. The Balaban J connectivity index is 1.35. The van der Waals surface area contributed by atoms with Gasteiger partial charge in [-0.3, -0.25) is 4.90 Å². The molecule has 3 rings (SSSR count). The first-order chi connectivity index (χ1) is 10.9. The Morgan fingerprint density at radius 3 is 2.14 bits per heavy atom. The highest BCUT2D eigenvalue weighted by molar-refractivity contribution is 5.14. The van der Waals surface area contributed by atoms with Crippen LogP contribution >= 0.6 is 0 Å². The van der Waals surface area contributed by atoms with E-state index in [9.17, 15) is 0 Å². The summed E-state index contributed by atoms with van der Waals surface area (Å²) in [7, 11) is 0. The van der Waals surface area contributed by atoms with Crippen LogP contribution in [0, 0.1) is 5.92 Å². The van der Waals surface area contributed by atoms with E-state index in [2.05, 4.69) is 40.1 Å². The normalized spacial score (nSPS) is 22.5. The summed E-state index contributed by atoms with van der Waals surface area (Å²) in [5, 5.41) is 0. The summed E-state index contributed by atoms with van der Waals surface area (Å²) >= 11 is 0. The standard InChI is InChI=1S/C20H32N2/c1-2-7-14-21(13-6-1)15-10-19-11-16-22(17-12-19)18-20-8-4-3-5-9-20/h3-5,8-9,19H,1-2,6-7,10-18H2. The topological polar surface area (TPSA) is 6.48 Å². The maximum atomic E-state index is 2.73. The van der Waals surface area contributed by atoms with E-state index in [0.717, 1.165) is 12.5 Å². The summed E-state index contributed by atoms with van der Waals surface area (Å²) in [5.41, 5.74) is 1.46. The summed E-state index contributed by atoms with van der Waals surface area (Å²) in [6, 6.07) is 10.9. The van der Waals surface area contributed by atoms with E-state index in [0.29, 0.717) is 0 Å². The molecule has 1 aromatic rings. The Labute approximate surface area is 136 Å². The molecule has 0 atom stereocenters. The summed E-state index contributed by atoms with van der Waals surface area (Å²) < 4.78 is 0. The fourth-order valence-corrected chi connectivity index (χ4v) is 4.00. The number of likely N-dealkylation sites (tertiary alicyclic amines) is 2. The molecule has 2 saturated heterocycles. The molecule has 0 unspecified atom stereocenters. The van der Waals surface area contributed by atoms with Crippen molar-refractivity contribution in [3.8, 4) is 0 Å². The van der Waals surface area contributed by atoms with E-state index < -0.39 is 0 Å². The van der Waals surface area contributed by atoms with Crippen molar-refractivity contribution in [2.24, 2.45) is 5.92 Å². The molecule has 0 radical (unpaired) electrons. The molecule has 22 heavy (non-hydrogen) atoms. The van der Waals surface area contributed by atoms with E-state index in [-0.39, 0.29) is 0 Å². The highest BCUT2D eigenvalue weighted by atomic mass is 15.1. The Bertz CT molecular complexity index is 401. The molecule has 2 fully saturated rings. The molecule has 0 aromatic heterocycles. The maximum absolute atomic E-state index is 2.73. The minimum absolute atomic E-state index is 0.968. The summed E-state index contributed by atoms with van der Waals surface area (Å²) in [4.78, 5) is 5.36. The average Bonchev–Trinajstić information content (AvgIpc) is 2.84. The highest BCUT2D eigenvalue weighted by Gasteiger charge is 2.20. The van der Waals surface area contributed by atoms with Gasteiger partial charge in [0.1, 0.15) is 0 Å². The van der Waals surface area contributed by atoms with Crippen molar-refractivity contribution in [2.45, 2.75) is 51.5 Å². The smallest absolute Gasteiger partial charge is 0.0233 e. The Morgan fingerprint density at radius 1 is 0.773 bits per heavy atom. The number of rotatable bonds is 5. The van der Waals surface area contributed by atoms with E-state index >= 15 is 0 Å². The van der Waals surface area contributed by atoms with Gasteiger partial charge in [0.05, 0.1) is 0 Å². The van der Waals surface area contributed by atoms with Crippen molar-refractivity contribution in [1.82, 2.24) is 9.80 Å². The van der Waals surface area contributed by atoms with Crippen molar-refractivity contribution in [3.05, 3.63) is 35.9 Å². The lowest BCUT2D eigenvalue weighted by atomic mass is 9.93. The fraction of sp³-hybridized carbons (Fsp3) is 0.700. The van der Waals surface area contributed by atoms with Gasteiger partial charge in [0.15, 0.2) is 0 Å². The van der Waals surface area contributed by atoms with Crippen LogP contribution in [0.5, 0.6) is 0 Å². The maximum Gasteiger partial charge on any atom is 0.0233 e. The summed E-state index contributed by atoms with van der Waals surface area (Å²) in [5.74, 6) is 0.968. The third kappa shape index (κ3) is 5.10. The van der Waals surface area contributed by atoms with Gasteiger partial charge in [0.2, 0.25) is 0 Å². The van der Waals surface area contributed by atoms with E-state index in [4.69, 9.17) is 0 Å². The molecule has 0 saturated carbocycles. The zero-order valence-corrected chi connectivity index (χ0v) is 14.1. The Kier molecular flexibility index (Phi) is 6.32. The highest BCUT2D eigenvalue weighted by Crippen LogP contribution is 2.22. The molecule has 0 aliphatic carbocycles. The molecular weight excluding hydrogens is 268 g/mol. The van der Waals surface area contributed by atoms with Crippen molar-refractivity contribution in [3.63, 3.8) is 0 Å². The predicted molar refractivity (Wildman–Crippen MR) is 94.0 cm³/mol. The molecule has 122 valence electrons. The number of hydrogen-bond donors (Lipinski definition) is 0. The molecular formula is C20H32N2. The van der Waals surface area contributed by atoms with Crippen LogP contribution in [0.15, 0.2) is 30.3 Å². The van der Waals surface area contributed by atoms with Gasteiger partial charge in [0.25, 0.3) is 0 Å². The quantitative estimate of drug-likeness (QED) is 0.805. The molecule has 2 aliphatic heterocycles. The number of hydrogen-bond acceptors (Lipinski definition) is 2. The Hall–Kier alpha value is -0.860. The van der Waals surface area contributed by atoms with Crippen molar-refractivity contribution >= 4 is 0 Å². The molecule has 2 heterocycles. The van der Waals surface area contributed by atoms with Crippen LogP contribution in [0.1, 0.15) is 50.5 Å². The molecule has 0 spiro atoms. The van der Waals surface area contributed by atoms with Gasteiger partial charge in [0, 0.05) is 6.54 Å². The molecule has 2 heteroatoms. The fourth-order valence-electron chi connectivity index (χ4n) is 4.00. The minimum atomic E-state index is 0.968. The molecule has 2 aliphatic rings.